The molecule has 19 heavy (non-hydrogen) atoms. The first-order chi connectivity index (χ1) is 9.30. The van der Waals surface area contributed by atoms with Crippen LogP contribution in [0.5, 0.6) is 0 Å². The molecule has 3 rings (SSSR count). The predicted octanol–water partition coefficient (Wildman–Crippen LogP) is 3.44. The summed E-state index contributed by atoms with van der Waals surface area (Å²) in [6, 6.07) is 8.43. The van der Waals surface area contributed by atoms with Crippen molar-refractivity contribution in [1.29, 1.82) is 0 Å². The van der Waals surface area contributed by atoms with E-state index in [2.05, 4.69) is 44.9 Å². The number of benzene rings is 1. The van der Waals surface area contributed by atoms with Gasteiger partial charge in [0.1, 0.15) is 5.82 Å². The number of hydrogen-bond acceptors (Lipinski definition) is 5. The Morgan fingerprint density at radius 3 is 2.58 bits per heavy atom. The van der Waals surface area contributed by atoms with Gasteiger partial charge in [-0.1, -0.05) is 23.5 Å². The third-order valence-electron chi connectivity index (χ3n) is 2.98. The average molecular weight is 270 g/mol. The highest BCUT2D eigenvalue weighted by atomic mass is 32.1. The van der Waals surface area contributed by atoms with E-state index in [9.17, 15) is 0 Å². The largest absolute Gasteiger partial charge is 0.373 e. The smallest absolute Gasteiger partial charge is 0.182 e. The van der Waals surface area contributed by atoms with Crippen molar-refractivity contribution in [2.75, 3.05) is 24.7 Å². The minimum absolute atomic E-state index is 0.880. The zero-order valence-corrected chi connectivity index (χ0v) is 11.6. The van der Waals surface area contributed by atoms with Crippen molar-refractivity contribution in [1.82, 2.24) is 9.97 Å². The quantitative estimate of drug-likeness (QED) is 0.765. The molecule has 2 N–H and O–H groups in total. The summed E-state index contributed by atoms with van der Waals surface area (Å²) >= 11 is 1.65. The van der Waals surface area contributed by atoms with Crippen LogP contribution in [0, 0.1) is 0 Å². The summed E-state index contributed by atoms with van der Waals surface area (Å²) in [5, 5.41) is 9.37. The number of anilines is 2. The third kappa shape index (κ3) is 2.24. The molecule has 0 amide bonds. The first-order valence-electron chi connectivity index (χ1n) is 6.01. The van der Waals surface area contributed by atoms with Crippen LogP contribution in [0.1, 0.15) is 0 Å². The van der Waals surface area contributed by atoms with Crippen molar-refractivity contribution in [3.05, 3.63) is 36.7 Å². The van der Waals surface area contributed by atoms with Crippen LogP contribution in [0.15, 0.2) is 36.7 Å². The standard InChI is InChI=1S/C14H14N4S/c1-15-13-6-11-5-9(3-4-10(11)7-17-13)12-8-18-14(16-2)19-12/h3-8H,1-2H3,(H,15,17)(H,16,18). The van der Waals surface area contributed by atoms with Crippen LogP contribution >= 0.6 is 11.3 Å². The van der Waals surface area contributed by atoms with Gasteiger partial charge < -0.3 is 10.6 Å². The molecule has 0 spiro atoms. The minimum Gasteiger partial charge on any atom is -0.373 e. The van der Waals surface area contributed by atoms with Gasteiger partial charge in [0.05, 0.1) is 4.88 Å². The van der Waals surface area contributed by atoms with Gasteiger partial charge in [-0.2, -0.15) is 0 Å². The lowest BCUT2D eigenvalue weighted by atomic mass is 10.1. The van der Waals surface area contributed by atoms with Gasteiger partial charge in [-0.3, -0.25) is 0 Å². The Kier molecular flexibility index (Phi) is 3.05. The topological polar surface area (TPSA) is 49.8 Å². The van der Waals surface area contributed by atoms with Gasteiger partial charge in [0.15, 0.2) is 5.13 Å². The molecule has 0 fully saturated rings. The molecule has 0 radical (unpaired) electrons. The van der Waals surface area contributed by atoms with E-state index in [1.165, 1.54) is 10.9 Å². The van der Waals surface area contributed by atoms with E-state index in [1.54, 1.807) is 11.3 Å². The monoisotopic (exact) mass is 270 g/mol. The summed E-state index contributed by atoms with van der Waals surface area (Å²) in [4.78, 5) is 9.78. The van der Waals surface area contributed by atoms with E-state index < -0.39 is 0 Å². The second kappa shape index (κ2) is 4.85. The van der Waals surface area contributed by atoms with E-state index in [0.717, 1.165) is 21.2 Å². The number of thiazole rings is 1. The first kappa shape index (κ1) is 11.9. The maximum Gasteiger partial charge on any atom is 0.182 e. The lowest BCUT2D eigenvalue weighted by molar-refractivity contribution is 1.31. The SMILES string of the molecule is CNc1cc2cc(-c3cnc(NC)s3)ccc2cn1. The number of nitrogens with zero attached hydrogens (tertiary/aromatic N) is 2. The molecule has 4 nitrogen and oxygen atoms in total. The Labute approximate surface area is 115 Å². The summed E-state index contributed by atoms with van der Waals surface area (Å²) in [5.74, 6) is 0.880. The normalized spacial score (nSPS) is 10.6. The second-order valence-corrected chi connectivity index (χ2v) is 5.19. The number of hydrogen-bond donors (Lipinski definition) is 2. The molecule has 0 aliphatic carbocycles. The predicted molar refractivity (Wildman–Crippen MR) is 81.9 cm³/mol. The van der Waals surface area contributed by atoms with Gasteiger partial charge in [0.2, 0.25) is 0 Å². The Hall–Kier alpha value is -2.14. The summed E-state index contributed by atoms with van der Waals surface area (Å²) in [6.07, 6.45) is 3.79. The molecule has 0 saturated heterocycles. The van der Waals surface area contributed by atoms with Gasteiger partial charge in [0, 0.05) is 31.9 Å². The molecule has 0 unspecified atom stereocenters. The van der Waals surface area contributed by atoms with Crippen molar-refractivity contribution in [3.8, 4) is 10.4 Å². The van der Waals surface area contributed by atoms with E-state index >= 15 is 0 Å². The fourth-order valence-corrected chi connectivity index (χ4v) is 2.72. The van der Waals surface area contributed by atoms with Crippen molar-refractivity contribution in [3.63, 3.8) is 0 Å². The van der Waals surface area contributed by atoms with Crippen LogP contribution in [0.4, 0.5) is 10.9 Å². The van der Waals surface area contributed by atoms with Gasteiger partial charge in [0.25, 0.3) is 0 Å². The van der Waals surface area contributed by atoms with Crippen molar-refractivity contribution < 1.29 is 0 Å². The number of pyridine rings is 1. The fourth-order valence-electron chi connectivity index (χ4n) is 1.95. The highest BCUT2D eigenvalue weighted by molar-refractivity contribution is 7.18. The molecule has 3 aromatic rings. The molecule has 96 valence electrons. The summed E-state index contributed by atoms with van der Waals surface area (Å²) in [5.41, 5.74) is 1.18. The number of aromatic nitrogens is 2. The summed E-state index contributed by atoms with van der Waals surface area (Å²) in [6.45, 7) is 0. The molecule has 2 aromatic heterocycles. The van der Waals surface area contributed by atoms with Crippen molar-refractivity contribution in [2.45, 2.75) is 0 Å². The highest BCUT2D eigenvalue weighted by Crippen LogP contribution is 2.31. The maximum absolute atomic E-state index is 4.31. The molecule has 0 bridgehead atoms. The molecule has 0 atom stereocenters. The van der Waals surface area contributed by atoms with Crippen LogP contribution in [0.2, 0.25) is 0 Å². The number of nitrogens with one attached hydrogen (secondary N) is 2. The first-order valence-corrected chi connectivity index (χ1v) is 6.83. The molecule has 5 heteroatoms. The highest BCUT2D eigenvalue weighted by Gasteiger charge is 2.05. The molecule has 2 heterocycles. The van der Waals surface area contributed by atoms with Crippen molar-refractivity contribution in [2.24, 2.45) is 0 Å². The van der Waals surface area contributed by atoms with E-state index in [1.807, 2.05) is 26.5 Å². The van der Waals surface area contributed by atoms with Crippen LogP contribution in [0.3, 0.4) is 0 Å². The van der Waals surface area contributed by atoms with Crippen LogP contribution in [-0.4, -0.2) is 24.1 Å². The summed E-state index contributed by atoms with van der Waals surface area (Å²) in [7, 11) is 3.76. The molecule has 1 aromatic carbocycles. The zero-order valence-electron chi connectivity index (χ0n) is 10.8. The van der Waals surface area contributed by atoms with Gasteiger partial charge in [-0.05, 0) is 23.1 Å². The van der Waals surface area contributed by atoms with Crippen molar-refractivity contribution >= 4 is 33.1 Å². The second-order valence-electron chi connectivity index (χ2n) is 4.16. The van der Waals surface area contributed by atoms with Gasteiger partial charge >= 0.3 is 0 Å². The Bertz CT molecular complexity index is 720. The van der Waals surface area contributed by atoms with Gasteiger partial charge in [-0.25, -0.2) is 9.97 Å². The average Bonchev–Trinajstić information content (AvgIpc) is 2.95. The Morgan fingerprint density at radius 2 is 1.84 bits per heavy atom. The molecular formula is C14H14N4S. The zero-order chi connectivity index (χ0) is 13.2. The fraction of sp³-hybridized carbons (Fsp3) is 0.143. The Balaban J connectivity index is 2.09. The number of fused-ring (bicyclic) bond motifs is 1. The van der Waals surface area contributed by atoms with E-state index in [-0.39, 0.29) is 0 Å². The molecular weight excluding hydrogens is 256 g/mol. The number of rotatable bonds is 3. The molecule has 0 aliphatic rings. The third-order valence-corrected chi connectivity index (χ3v) is 4.05. The van der Waals surface area contributed by atoms with Crippen LogP contribution < -0.4 is 10.6 Å². The van der Waals surface area contributed by atoms with Crippen LogP contribution in [-0.2, 0) is 0 Å². The lowest BCUT2D eigenvalue weighted by Crippen LogP contribution is -1.91. The van der Waals surface area contributed by atoms with E-state index in [4.69, 9.17) is 0 Å². The van der Waals surface area contributed by atoms with E-state index in [0.29, 0.717) is 0 Å². The van der Waals surface area contributed by atoms with Gasteiger partial charge in [-0.15, -0.1) is 0 Å². The summed E-state index contributed by atoms with van der Waals surface area (Å²) < 4.78 is 0. The molecule has 0 aliphatic heterocycles. The maximum atomic E-state index is 4.31. The lowest BCUT2D eigenvalue weighted by Gasteiger charge is -2.04. The van der Waals surface area contributed by atoms with Crippen LogP contribution in [0.25, 0.3) is 21.2 Å². The minimum atomic E-state index is 0.880. The molecule has 0 saturated carbocycles. The Morgan fingerprint density at radius 1 is 0.947 bits per heavy atom.